The van der Waals surface area contributed by atoms with Gasteiger partial charge in [-0.3, -0.25) is 4.79 Å². The fourth-order valence-corrected chi connectivity index (χ4v) is 3.20. The van der Waals surface area contributed by atoms with Crippen LogP contribution in [0.15, 0.2) is 16.6 Å². The van der Waals surface area contributed by atoms with Crippen LogP contribution in [0, 0.1) is 20.8 Å². The molecule has 1 unspecified atom stereocenters. The van der Waals surface area contributed by atoms with Crippen molar-refractivity contribution in [1.29, 1.82) is 0 Å². The minimum absolute atomic E-state index is 0.0268. The number of carbonyl (C=O) groups excluding carboxylic acids is 1. The van der Waals surface area contributed by atoms with Crippen molar-refractivity contribution < 1.29 is 4.79 Å². The van der Waals surface area contributed by atoms with Crippen LogP contribution in [-0.4, -0.2) is 22.7 Å². The van der Waals surface area contributed by atoms with Gasteiger partial charge in [0, 0.05) is 21.4 Å². The molecule has 0 saturated carbocycles. The molecule has 110 valence electrons. The molecule has 6 heteroatoms. The average molecular weight is 349 g/mol. The summed E-state index contributed by atoms with van der Waals surface area (Å²) in [7, 11) is 1.78. The number of aryl methyl sites for hydroxylation is 1. The highest BCUT2D eigenvalue weighted by Crippen LogP contribution is 2.37. The minimum atomic E-state index is -0.299. The maximum absolute atomic E-state index is 11.9. The second-order valence-corrected chi connectivity index (χ2v) is 6.16. The number of benzene rings is 1. The number of fused-ring (bicyclic) bond motifs is 1. The van der Waals surface area contributed by atoms with Gasteiger partial charge in [-0.25, -0.2) is 4.68 Å². The van der Waals surface area contributed by atoms with E-state index in [-0.39, 0.29) is 11.9 Å². The van der Waals surface area contributed by atoms with Gasteiger partial charge < -0.3 is 10.6 Å². The van der Waals surface area contributed by atoms with E-state index in [1.807, 2.05) is 30.7 Å². The van der Waals surface area contributed by atoms with E-state index in [1.165, 1.54) is 5.56 Å². The molecule has 0 aliphatic carbocycles. The predicted molar refractivity (Wildman–Crippen MR) is 85.9 cm³/mol. The van der Waals surface area contributed by atoms with E-state index in [2.05, 4.69) is 38.6 Å². The van der Waals surface area contributed by atoms with E-state index in [0.717, 1.165) is 32.8 Å². The summed E-state index contributed by atoms with van der Waals surface area (Å²) in [5.74, 6) is -0.0268. The third-order valence-corrected chi connectivity index (χ3v) is 4.76. The number of aromatic nitrogens is 2. The van der Waals surface area contributed by atoms with Crippen molar-refractivity contribution in [2.45, 2.75) is 26.8 Å². The van der Waals surface area contributed by atoms with E-state index in [0.29, 0.717) is 0 Å². The fraction of sp³-hybridized carbons (Fsp3) is 0.333. The Morgan fingerprint density at radius 2 is 2.05 bits per heavy atom. The number of nitrogens with one attached hydrogen (secondary N) is 2. The largest absolute Gasteiger partial charge is 0.324 e. The van der Waals surface area contributed by atoms with Crippen LogP contribution in [0.4, 0.5) is 5.69 Å². The SMILES string of the molecule is CNC1C(=O)Nc2cc(-n3nc(C)c(C)c3C)c(Br)cc21. The molecule has 1 aliphatic heterocycles. The van der Waals surface area contributed by atoms with Gasteiger partial charge in [-0.05, 0) is 61.4 Å². The van der Waals surface area contributed by atoms with E-state index in [1.54, 1.807) is 7.05 Å². The average Bonchev–Trinajstić information content (AvgIpc) is 2.88. The van der Waals surface area contributed by atoms with E-state index >= 15 is 0 Å². The maximum Gasteiger partial charge on any atom is 0.246 e. The summed E-state index contributed by atoms with van der Waals surface area (Å²) in [5.41, 5.74) is 6.01. The lowest BCUT2D eigenvalue weighted by atomic mass is 10.1. The monoisotopic (exact) mass is 348 g/mol. The number of rotatable bonds is 2. The van der Waals surface area contributed by atoms with Crippen LogP contribution in [0.1, 0.15) is 28.6 Å². The number of hydrogen-bond acceptors (Lipinski definition) is 3. The molecule has 0 radical (unpaired) electrons. The quantitative estimate of drug-likeness (QED) is 0.877. The Morgan fingerprint density at radius 1 is 1.33 bits per heavy atom. The molecule has 1 aromatic heterocycles. The summed E-state index contributed by atoms with van der Waals surface area (Å²) in [5, 5.41) is 10.5. The van der Waals surface area contributed by atoms with Gasteiger partial charge in [-0.2, -0.15) is 5.10 Å². The number of amides is 1. The highest BCUT2D eigenvalue weighted by atomic mass is 79.9. The summed E-state index contributed by atoms with van der Waals surface area (Å²) in [6.45, 7) is 6.11. The molecule has 0 saturated heterocycles. The number of carbonyl (C=O) groups is 1. The molecule has 5 nitrogen and oxygen atoms in total. The molecule has 2 N–H and O–H groups in total. The van der Waals surface area contributed by atoms with Crippen molar-refractivity contribution in [3.05, 3.63) is 39.1 Å². The Balaban J connectivity index is 2.17. The van der Waals surface area contributed by atoms with Gasteiger partial charge in [-0.15, -0.1) is 0 Å². The molecule has 3 rings (SSSR count). The van der Waals surface area contributed by atoms with Gasteiger partial charge >= 0.3 is 0 Å². The second-order valence-electron chi connectivity index (χ2n) is 5.31. The van der Waals surface area contributed by atoms with Crippen molar-refractivity contribution in [2.75, 3.05) is 12.4 Å². The molecule has 1 atom stereocenters. The molecule has 0 bridgehead atoms. The third kappa shape index (κ3) is 2.10. The van der Waals surface area contributed by atoms with Gasteiger partial charge in [0.2, 0.25) is 5.91 Å². The van der Waals surface area contributed by atoms with Crippen LogP contribution in [0.2, 0.25) is 0 Å². The van der Waals surface area contributed by atoms with Crippen molar-refractivity contribution in [3.8, 4) is 5.69 Å². The lowest BCUT2D eigenvalue weighted by molar-refractivity contribution is -0.117. The molecular formula is C15H17BrN4O. The van der Waals surface area contributed by atoms with Crippen LogP contribution in [0.3, 0.4) is 0 Å². The van der Waals surface area contributed by atoms with Crippen LogP contribution >= 0.6 is 15.9 Å². The predicted octanol–water partition coefficient (Wildman–Crippen LogP) is 2.77. The van der Waals surface area contributed by atoms with Crippen molar-refractivity contribution >= 4 is 27.5 Å². The zero-order chi connectivity index (χ0) is 15.3. The Hall–Kier alpha value is -1.66. The molecule has 0 spiro atoms. The highest BCUT2D eigenvalue weighted by molar-refractivity contribution is 9.10. The molecule has 2 heterocycles. The van der Waals surface area contributed by atoms with E-state index in [9.17, 15) is 4.79 Å². The highest BCUT2D eigenvalue weighted by Gasteiger charge is 2.30. The van der Waals surface area contributed by atoms with Gasteiger partial charge in [0.25, 0.3) is 0 Å². The number of anilines is 1. The normalized spacial score (nSPS) is 17.0. The van der Waals surface area contributed by atoms with Crippen LogP contribution in [-0.2, 0) is 4.79 Å². The molecule has 2 aromatic rings. The summed E-state index contributed by atoms with van der Waals surface area (Å²) in [6, 6.07) is 3.65. The van der Waals surface area contributed by atoms with E-state index in [4.69, 9.17) is 0 Å². The number of halogens is 1. The first-order valence-electron chi connectivity index (χ1n) is 6.78. The van der Waals surface area contributed by atoms with Crippen molar-refractivity contribution in [2.24, 2.45) is 0 Å². The zero-order valence-corrected chi connectivity index (χ0v) is 14.0. The molecule has 1 amide bonds. The van der Waals surface area contributed by atoms with Crippen LogP contribution in [0.25, 0.3) is 5.69 Å². The van der Waals surface area contributed by atoms with Gasteiger partial charge in [0.05, 0.1) is 11.4 Å². The maximum atomic E-state index is 11.9. The Bertz CT molecular complexity index is 751. The first kappa shape index (κ1) is 14.3. The van der Waals surface area contributed by atoms with Gasteiger partial charge in [-0.1, -0.05) is 0 Å². The lowest BCUT2D eigenvalue weighted by Gasteiger charge is -2.11. The number of likely N-dealkylation sites (N-methyl/N-ethyl adjacent to an activating group) is 1. The van der Waals surface area contributed by atoms with Crippen molar-refractivity contribution in [3.63, 3.8) is 0 Å². The zero-order valence-electron chi connectivity index (χ0n) is 12.4. The first-order chi connectivity index (χ1) is 9.93. The Labute approximate surface area is 131 Å². The molecule has 0 fully saturated rings. The Morgan fingerprint density at radius 3 is 2.62 bits per heavy atom. The third-order valence-electron chi connectivity index (χ3n) is 4.12. The second kappa shape index (κ2) is 4.96. The van der Waals surface area contributed by atoms with Crippen LogP contribution < -0.4 is 10.6 Å². The summed E-state index contributed by atoms with van der Waals surface area (Å²) < 4.78 is 2.83. The first-order valence-corrected chi connectivity index (χ1v) is 7.58. The number of nitrogens with zero attached hydrogens (tertiary/aromatic N) is 2. The standard InChI is InChI=1S/C15H17BrN4O/c1-7-8(2)19-20(9(7)3)13-6-12-10(5-11(13)16)14(17-4)15(21)18-12/h5-6,14,17H,1-4H3,(H,18,21). The molecule has 21 heavy (non-hydrogen) atoms. The summed E-state index contributed by atoms with van der Waals surface area (Å²) >= 11 is 3.60. The summed E-state index contributed by atoms with van der Waals surface area (Å²) in [6.07, 6.45) is 0. The Kier molecular flexibility index (Phi) is 3.37. The number of hydrogen-bond donors (Lipinski definition) is 2. The van der Waals surface area contributed by atoms with Crippen LogP contribution in [0.5, 0.6) is 0 Å². The minimum Gasteiger partial charge on any atom is -0.324 e. The molecular weight excluding hydrogens is 332 g/mol. The fourth-order valence-electron chi connectivity index (χ4n) is 2.67. The molecule has 1 aliphatic rings. The summed E-state index contributed by atoms with van der Waals surface area (Å²) in [4.78, 5) is 11.9. The smallest absolute Gasteiger partial charge is 0.246 e. The molecule has 1 aromatic carbocycles. The topological polar surface area (TPSA) is 59.0 Å². The van der Waals surface area contributed by atoms with E-state index < -0.39 is 0 Å². The lowest BCUT2D eigenvalue weighted by Crippen LogP contribution is -2.23. The van der Waals surface area contributed by atoms with Gasteiger partial charge in [0.15, 0.2) is 0 Å². The van der Waals surface area contributed by atoms with Crippen molar-refractivity contribution in [1.82, 2.24) is 15.1 Å². The van der Waals surface area contributed by atoms with Gasteiger partial charge in [0.1, 0.15) is 6.04 Å².